The number of carboxylic acid groups (broad SMARTS) is 1. The molecule has 0 saturated heterocycles. The first-order chi connectivity index (χ1) is 17.6. The van der Waals surface area contributed by atoms with Gasteiger partial charge in [0.25, 0.3) is 0 Å². The number of aliphatic carboxylic acids is 1. The van der Waals surface area contributed by atoms with Crippen LogP contribution in [0.15, 0.2) is 39.9 Å². The maximum absolute atomic E-state index is 13.1. The summed E-state index contributed by atoms with van der Waals surface area (Å²) in [4.78, 5) is 10.3. The van der Waals surface area contributed by atoms with Crippen LogP contribution in [0.1, 0.15) is 50.7 Å². The molecule has 0 unspecified atom stereocenters. The minimum atomic E-state index is -5.04. The Labute approximate surface area is 225 Å². The molecule has 0 spiro atoms. The number of sulfonamides is 1. The molecule has 0 aliphatic rings. The van der Waals surface area contributed by atoms with Crippen LogP contribution in [-0.4, -0.2) is 67.0 Å². The number of hydrogen-bond acceptors (Lipinski definition) is 7. The fourth-order valence-corrected chi connectivity index (χ4v) is 5.85. The highest BCUT2D eigenvalue weighted by Gasteiger charge is 2.32. The predicted octanol–water partition coefficient (Wildman–Crippen LogP) is 4.43. The number of nitrogens with zero attached hydrogens (tertiary/aromatic N) is 1. The molecule has 0 radical (unpaired) electrons. The van der Waals surface area contributed by atoms with Crippen molar-refractivity contribution in [2.75, 3.05) is 20.1 Å². The molecule has 0 aliphatic carbocycles. The monoisotopic (exact) mass is 580 g/mol. The summed E-state index contributed by atoms with van der Waals surface area (Å²) in [5.41, 5.74) is 1.15. The number of hydrogen-bond donors (Lipinski definition) is 3. The van der Waals surface area contributed by atoms with Crippen molar-refractivity contribution in [3.8, 4) is 5.75 Å². The number of ether oxygens (including phenoxy) is 1. The quantitative estimate of drug-likeness (QED) is 0.269. The van der Waals surface area contributed by atoms with Crippen molar-refractivity contribution in [1.82, 2.24) is 9.62 Å². The van der Waals surface area contributed by atoms with E-state index < -0.39 is 39.1 Å². The van der Waals surface area contributed by atoms with Crippen molar-refractivity contribution in [2.24, 2.45) is 0 Å². The standard InChI is InChI=1S/C25H35F3N2O6S2/c1-24(2,10-5-7-18-9-11-37-17-18)29-15-20(31)16-30(3)38(34,35)22-13-19(6-4-8-23(32)33)12-21(14-22)36-25(26,27)28/h9,11-14,17,20,29,31H,4-8,10,15-16H2,1-3H3,(H,32,33)/t20-/m1/s1. The van der Waals surface area contributed by atoms with Gasteiger partial charge in [0, 0.05) is 38.2 Å². The maximum atomic E-state index is 13.1. The second kappa shape index (κ2) is 13.7. The number of nitrogens with one attached hydrogen (secondary N) is 1. The number of aliphatic hydroxyl groups excluding tert-OH is 1. The molecule has 8 nitrogen and oxygen atoms in total. The van der Waals surface area contributed by atoms with Crippen molar-refractivity contribution < 1.29 is 41.3 Å². The third-order valence-electron chi connectivity index (χ3n) is 5.87. The van der Waals surface area contributed by atoms with Gasteiger partial charge in [-0.1, -0.05) is 0 Å². The van der Waals surface area contributed by atoms with E-state index in [1.165, 1.54) is 18.7 Å². The van der Waals surface area contributed by atoms with Crippen LogP contribution in [0.4, 0.5) is 13.2 Å². The Balaban J connectivity index is 2.03. The molecule has 1 aromatic heterocycles. The first-order valence-electron chi connectivity index (χ1n) is 12.1. The number of thiophene rings is 1. The molecule has 1 atom stereocenters. The molecule has 0 amide bonds. The molecule has 0 bridgehead atoms. The predicted molar refractivity (Wildman–Crippen MR) is 139 cm³/mol. The molecule has 38 heavy (non-hydrogen) atoms. The fourth-order valence-electron chi connectivity index (χ4n) is 3.85. The molecule has 1 aromatic carbocycles. The normalized spacial score (nSPS) is 13.6. The number of carbonyl (C=O) groups is 1. The molecule has 13 heteroatoms. The number of benzene rings is 1. The molecule has 2 aromatic rings. The molecular weight excluding hydrogens is 545 g/mol. The van der Waals surface area contributed by atoms with Crippen molar-refractivity contribution >= 4 is 27.3 Å². The number of aryl methyl sites for hydroxylation is 2. The van der Waals surface area contributed by atoms with Gasteiger partial charge in [-0.2, -0.15) is 15.6 Å². The van der Waals surface area contributed by atoms with Crippen LogP contribution < -0.4 is 10.1 Å². The van der Waals surface area contributed by atoms with Gasteiger partial charge in [0.15, 0.2) is 0 Å². The van der Waals surface area contributed by atoms with E-state index in [0.717, 1.165) is 35.7 Å². The smallest absolute Gasteiger partial charge is 0.481 e. The average molecular weight is 581 g/mol. The Bertz CT molecular complexity index is 1140. The van der Waals surface area contributed by atoms with Gasteiger partial charge in [-0.15, -0.1) is 13.2 Å². The number of alkyl halides is 3. The molecule has 3 N–H and O–H groups in total. The van der Waals surface area contributed by atoms with E-state index in [-0.39, 0.29) is 43.5 Å². The Morgan fingerprint density at radius 1 is 1.16 bits per heavy atom. The summed E-state index contributed by atoms with van der Waals surface area (Å²) < 4.78 is 69.6. The lowest BCUT2D eigenvalue weighted by molar-refractivity contribution is -0.274. The summed E-state index contributed by atoms with van der Waals surface area (Å²) in [6, 6.07) is 5.07. The van der Waals surface area contributed by atoms with Crippen molar-refractivity contribution in [3.63, 3.8) is 0 Å². The molecule has 0 fully saturated rings. The Hall–Kier alpha value is -2.19. The SMILES string of the molecule is CN(C[C@H](O)CNC(C)(C)CCCc1ccsc1)S(=O)(=O)c1cc(CCCC(=O)O)cc(OC(F)(F)F)c1. The van der Waals surface area contributed by atoms with Crippen molar-refractivity contribution in [3.05, 3.63) is 46.2 Å². The summed E-state index contributed by atoms with van der Waals surface area (Å²) in [7, 11) is -3.06. The molecule has 1 heterocycles. The van der Waals surface area contributed by atoms with Gasteiger partial charge in [0.05, 0.1) is 11.0 Å². The first-order valence-corrected chi connectivity index (χ1v) is 14.5. The number of halogens is 3. The second-order valence-corrected chi connectivity index (χ2v) is 12.6. The van der Waals surface area contributed by atoms with Gasteiger partial charge in [-0.05, 0) is 86.0 Å². The van der Waals surface area contributed by atoms with E-state index in [1.807, 2.05) is 19.2 Å². The van der Waals surface area contributed by atoms with Gasteiger partial charge in [-0.25, -0.2) is 8.42 Å². The van der Waals surface area contributed by atoms with Crippen LogP contribution in [0.3, 0.4) is 0 Å². The van der Waals surface area contributed by atoms with Gasteiger partial charge >= 0.3 is 12.3 Å². The molecule has 214 valence electrons. The van der Waals surface area contributed by atoms with E-state index >= 15 is 0 Å². The summed E-state index contributed by atoms with van der Waals surface area (Å²) in [6.45, 7) is 3.81. The Morgan fingerprint density at radius 3 is 2.45 bits per heavy atom. The highest BCUT2D eigenvalue weighted by atomic mass is 32.2. The number of aliphatic hydroxyl groups is 1. The molecular formula is C25H35F3N2O6S2. The minimum absolute atomic E-state index is 0.0433. The summed E-state index contributed by atoms with van der Waals surface area (Å²) in [5.74, 6) is -1.79. The third kappa shape index (κ3) is 11.3. The lowest BCUT2D eigenvalue weighted by Gasteiger charge is -2.29. The zero-order valence-corrected chi connectivity index (χ0v) is 23.3. The van der Waals surface area contributed by atoms with Crippen molar-refractivity contribution in [2.45, 2.75) is 75.3 Å². The van der Waals surface area contributed by atoms with Crippen LogP contribution in [-0.2, 0) is 27.7 Å². The number of likely N-dealkylation sites (N-methyl/N-ethyl adjacent to an activating group) is 1. The van der Waals surface area contributed by atoms with Gasteiger partial charge in [-0.3, -0.25) is 4.79 Å². The maximum Gasteiger partial charge on any atom is 0.573 e. The summed E-state index contributed by atoms with van der Waals surface area (Å²) >= 11 is 1.64. The van der Waals surface area contributed by atoms with Gasteiger partial charge < -0.3 is 20.3 Å². The lowest BCUT2D eigenvalue weighted by Crippen LogP contribution is -2.46. The number of β-amino-alcohol motifs (C(OH)–C–C–N with tert-alkyl or cyclic N) is 1. The van der Waals surface area contributed by atoms with Gasteiger partial charge in [0.2, 0.25) is 10.0 Å². The van der Waals surface area contributed by atoms with Crippen LogP contribution in [0, 0.1) is 0 Å². The lowest BCUT2D eigenvalue weighted by atomic mass is 9.96. The number of carboxylic acids is 1. The largest absolute Gasteiger partial charge is 0.573 e. The van der Waals surface area contributed by atoms with Crippen LogP contribution in [0.5, 0.6) is 5.75 Å². The topological polar surface area (TPSA) is 116 Å². The van der Waals surface area contributed by atoms with E-state index in [9.17, 15) is 31.5 Å². The van der Waals surface area contributed by atoms with Gasteiger partial charge in [0.1, 0.15) is 5.75 Å². The third-order valence-corrected chi connectivity index (χ3v) is 8.40. The van der Waals surface area contributed by atoms with E-state index in [0.29, 0.717) is 0 Å². The van der Waals surface area contributed by atoms with Crippen LogP contribution >= 0.6 is 11.3 Å². The van der Waals surface area contributed by atoms with E-state index in [1.54, 1.807) is 11.3 Å². The van der Waals surface area contributed by atoms with Crippen molar-refractivity contribution in [1.29, 1.82) is 0 Å². The zero-order valence-electron chi connectivity index (χ0n) is 21.6. The number of rotatable bonds is 16. The highest BCUT2D eigenvalue weighted by molar-refractivity contribution is 7.89. The first kappa shape index (κ1) is 32.0. The van der Waals surface area contributed by atoms with Crippen LogP contribution in [0.25, 0.3) is 0 Å². The summed E-state index contributed by atoms with van der Waals surface area (Å²) in [5, 5.41) is 26.7. The molecule has 2 rings (SSSR count). The summed E-state index contributed by atoms with van der Waals surface area (Å²) in [6.07, 6.45) is -3.48. The van der Waals surface area contributed by atoms with Crippen LogP contribution in [0.2, 0.25) is 0 Å². The molecule has 0 aliphatic heterocycles. The average Bonchev–Trinajstić information content (AvgIpc) is 3.29. The zero-order chi connectivity index (χ0) is 28.6. The highest BCUT2D eigenvalue weighted by Crippen LogP contribution is 2.29. The second-order valence-electron chi connectivity index (χ2n) is 9.80. The Kier molecular flexibility index (Phi) is 11.6. The van der Waals surface area contributed by atoms with E-state index in [4.69, 9.17) is 5.11 Å². The Morgan fingerprint density at radius 2 is 1.84 bits per heavy atom. The minimum Gasteiger partial charge on any atom is -0.481 e. The molecule has 0 saturated carbocycles. The fraction of sp³-hybridized carbons (Fsp3) is 0.560. The van der Waals surface area contributed by atoms with E-state index in [2.05, 4.69) is 21.5 Å².